The van der Waals surface area contributed by atoms with Gasteiger partial charge in [-0.25, -0.2) is 12.1 Å². The van der Waals surface area contributed by atoms with Crippen LogP contribution in [0.3, 0.4) is 0 Å². The summed E-state index contributed by atoms with van der Waals surface area (Å²) >= 11 is 0. The first-order valence-electron chi connectivity index (χ1n) is 7.77. The quantitative estimate of drug-likeness (QED) is 0.480. The minimum Gasteiger partial charge on any atom is -0.872 e. The third-order valence-electron chi connectivity index (χ3n) is 3.25. The van der Waals surface area contributed by atoms with Gasteiger partial charge in [0.25, 0.3) is 0 Å². The van der Waals surface area contributed by atoms with Gasteiger partial charge in [-0.2, -0.15) is 18.2 Å². The third-order valence-corrected chi connectivity index (χ3v) is 3.25. The second-order valence-electron chi connectivity index (χ2n) is 5.29. The Morgan fingerprint density at radius 1 is 1.19 bits per heavy atom. The van der Waals surface area contributed by atoms with E-state index in [1.807, 2.05) is 54.6 Å². The van der Waals surface area contributed by atoms with E-state index in [1.54, 1.807) is 12.1 Å². The maximum Gasteiger partial charge on any atom is 2.00 e. The Morgan fingerprint density at radius 3 is 2.35 bits per heavy atom. The number of hydrogen-bond donors (Lipinski definition) is 2. The number of hydrogen-bond acceptors (Lipinski definition) is 3. The van der Waals surface area contributed by atoms with E-state index in [-0.39, 0.29) is 40.0 Å². The number of carbonyl (C=O) groups is 1. The number of nitrogens with one attached hydrogen (secondary N) is 1. The average molecular weight is 389 g/mol. The molecule has 0 spiro atoms. The first kappa shape index (κ1) is 21.2. The summed E-state index contributed by atoms with van der Waals surface area (Å²) in [6, 6.07) is 14.4. The second kappa shape index (κ2) is 10.9. The van der Waals surface area contributed by atoms with Gasteiger partial charge in [-0.05, 0) is 17.7 Å². The van der Waals surface area contributed by atoms with Crippen molar-refractivity contribution in [3.63, 3.8) is 0 Å². The molecule has 0 atom stereocenters. The van der Waals surface area contributed by atoms with Crippen LogP contribution in [0.15, 0.2) is 90.6 Å². The first-order chi connectivity index (χ1) is 12.1. The monoisotopic (exact) mass is 389 g/mol. The fourth-order valence-electron chi connectivity index (χ4n) is 2.10. The van der Waals surface area contributed by atoms with Crippen molar-refractivity contribution in [3.05, 3.63) is 96.1 Å². The van der Waals surface area contributed by atoms with Crippen LogP contribution in [0.1, 0.15) is 12.5 Å². The van der Waals surface area contributed by atoms with Crippen molar-refractivity contribution >= 4 is 17.4 Å². The molecule has 0 aromatic heterocycles. The SMILES string of the molecule is CC(=O)Nc1ccc(C([O-])=CC=C2C=CC=C2)c(O)c1.[Fe+2].c1cc[cH-]c1. The zero-order chi connectivity index (χ0) is 18.1. The predicted molar refractivity (Wildman–Crippen MR) is 98.8 cm³/mol. The van der Waals surface area contributed by atoms with Gasteiger partial charge in [0.05, 0.1) is 0 Å². The maximum absolute atomic E-state index is 12.0. The van der Waals surface area contributed by atoms with Gasteiger partial charge in [0.15, 0.2) is 0 Å². The van der Waals surface area contributed by atoms with E-state index < -0.39 is 0 Å². The van der Waals surface area contributed by atoms with Gasteiger partial charge in [-0.15, -0.1) is 0 Å². The number of phenolic OH excluding ortho intramolecular Hbond substituents is 1. The van der Waals surface area contributed by atoms with Crippen molar-refractivity contribution in [1.29, 1.82) is 0 Å². The first-order valence-corrected chi connectivity index (χ1v) is 7.77. The molecule has 3 rings (SSSR count). The fourth-order valence-corrected chi connectivity index (χ4v) is 2.10. The minimum atomic E-state index is -0.293. The summed E-state index contributed by atoms with van der Waals surface area (Å²) in [6.45, 7) is 1.37. The molecule has 0 bridgehead atoms. The van der Waals surface area contributed by atoms with Crippen LogP contribution in [0.2, 0.25) is 0 Å². The van der Waals surface area contributed by atoms with Crippen molar-refractivity contribution in [2.75, 3.05) is 5.32 Å². The smallest absolute Gasteiger partial charge is 0.872 e. The Bertz CT molecular complexity index is 800. The van der Waals surface area contributed by atoms with Gasteiger partial charge in [0.2, 0.25) is 5.91 Å². The van der Waals surface area contributed by atoms with E-state index in [4.69, 9.17) is 0 Å². The summed E-state index contributed by atoms with van der Waals surface area (Å²) in [6.07, 6.45) is 10.6. The van der Waals surface area contributed by atoms with E-state index >= 15 is 0 Å². The zero-order valence-electron chi connectivity index (χ0n) is 14.2. The van der Waals surface area contributed by atoms with Crippen LogP contribution in [0.4, 0.5) is 5.69 Å². The van der Waals surface area contributed by atoms with Crippen LogP contribution < -0.4 is 10.4 Å². The van der Waals surface area contributed by atoms with Gasteiger partial charge in [-0.3, -0.25) is 4.79 Å². The molecule has 5 heteroatoms. The van der Waals surface area contributed by atoms with Crippen molar-refractivity contribution in [3.8, 4) is 5.75 Å². The standard InChI is InChI=1S/C16H15NO3.C5H5.Fe/c1-11(18)17-13-7-8-14(16(20)10-13)15(19)9-6-12-4-2-3-5-12;1-2-4-5-3-1;/h2-10,19-20H,1H3,(H,17,18);1-5H;/q;-1;+2/p-1. The van der Waals surface area contributed by atoms with Crippen LogP contribution in [-0.4, -0.2) is 11.0 Å². The van der Waals surface area contributed by atoms with Gasteiger partial charge < -0.3 is 15.5 Å². The predicted octanol–water partition coefficient (Wildman–Crippen LogP) is 3.51. The second-order valence-corrected chi connectivity index (χ2v) is 5.29. The average Bonchev–Trinajstić information content (AvgIpc) is 3.28. The number of aromatic hydroxyl groups is 1. The molecule has 2 aromatic carbocycles. The number of amides is 1. The molecule has 0 saturated carbocycles. The largest absolute Gasteiger partial charge is 2.00 e. The molecule has 1 aliphatic rings. The molecule has 0 saturated heterocycles. The summed E-state index contributed by atoms with van der Waals surface area (Å²) in [4.78, 5) is 10.9. The Labute approximate surface area is 163 Å². The summed E-state index contributed by atoms with van der Waals surface area (Å²) in [5, 5.41) is 24.3. The number of rotatable bonds is 3. The summed E-state index contributed by atoms with van der Waals surface area (Å²) in [5.41, 5.74) is 1.57. The molecular formula is C21H19FeNO3. The Hall–Kier alpha value is -2.88. The van der Waals surface area contributed by atoms with Crippen molar-refractivity contribution in [1.82, 2.24) is 0 Å². The topological polar surface area (TPSA) is 72.4 Å². The molecular weight excluding hydrogens is 370 g/mol. The van der Waals surface area contributed by atoms with Gasteiger partial charge in [0, 0.05) is 24.2 Å². The van der Waals surface area contributed by atoms with Crippen LogP contribution >= 0.6 is 0 Å². The molecule has 1 amide bonds. The molecule has 0 radical (unpaired) electrons. The van der Waals surface area contributed by atoms with Gasteiger partial charge in [-0.1, -0.05) is 42.2 Å². The van der Waals surface area contributed by atoms with Crippen molar-refractivity contribution in [2.24, 2.45) is 0 Å². The number of anilines is 1. The van der Waals surface area contributed by atoms with Crippen LogP contribution in [-0.2, 0) is 21.9 Å². The van der Waals surface area contributed by atoms with E-state index in [2.05, 4.69) is 5.32 Å². The van der Waals surface area contributed by atoms with E-state index in [9.17, 15) is 15.0 Å². The molecule has 4 nitrogen and oxygen atoms in total. The van der Waals surface area contributed by atoms with Crippen LogP contribution in [0.25, 0.3) is 5.76 Å². The van der Waals surface area contributed by atoms with Crippen LogP contribution in [0.5, 0.6) is 5.75 Å². The van der Waals surface area contributed by atoms with Crippen LogP contribution in [0, 0.1) is 0 Å². The minimum absolute atomic E-state index is 0. The molecule has 0 heterocycles. The number of benzene rings is 1. The molecule has 0 unspecified atom stereocenters. The number of phenols is 1. The number of allylic oxidation sites excluding steroid dienone is 7. The summed E-state index contributed by atoms with van der Waals surface area (Å²) in [5.74, 6) is -0.689. The summed E-state index contributed by atoms with van der Waals surface area (Å²) < 4.78 is 0. The van der Waals surface area contributed by atoms with Gasteiger partial charge in [0.1, 0.15) is 5.75 Å². The van der Waals surface area contributed by atoms with Gasteiger partial charge >= 0.3 is 17.1 Å². The molecule has 134 valence electrons. The van der Waals surface area contributed by atoms with Crippen molar-refractivity contribution < 1.29 is 32.1 Å². The normalized spacial score (nSPS) is 12.0. The molecule has 0 aliphatic heterocycles. The Balaban J connectivity index is 0.000000486. The van der Waals surface area contributed by atoms with Crippen molar-refractivity contribution in [2.45, 2.75) is 6.92 Å². The van der Waals surface area contributed by atoms with E-state index in [0.29, 0.717) is 5.69 Å². The molecule has 1 aliphatic carbocycles. The summed E-state index contributed by atoms with van der Waals surface area (Å²) in [7, 11) is 0. The maximum atomic E-state index is 12.0. The Morgan fingerprint density at radius 2 is 1.85 bits per heavy atom. The van der Waals surface area contributed by atoms with E-state index in [0.717, 1.165) is 5.57 Å². The third kappa shape index (κ3) is 6.93. The molecule has 26 heavy (non-hydrogen) atoms. The van der Waals surface area contributed by atoms with E-state index in [1.165, 1.54) is 25.1 Å². The number of carbonyl (C=O) groups excluding carboxylic acids is 1. The Kier molecular flexibility index (Phi) is 8.85. The zero-order valence-corrected chi connectivity index (χ0v) is 15.3. The molecule has 2 aromatic rings. The molecule has 0 fully saturated rings. The molecule has 2 N–H and O–H groups in total. The fraction of sp³-hybridized carbons (Fsp3) is 0.0476.